The Hall–Kier alpha value is -2.66. The molecule has 30 aliphatic rings. The normalized spacial score (nSPS) is 51.5. The highest BCUT2D eigenvalue weighted by Crippen LogP contribution is 2.40. The third kappa shape index (κ3) is 16.4. The molecule has 558 valence electrons. The zero-order valence-corrected chi connectivity index (χ0v) is 50.6. The maximum Gasteiger partial charge on any atom is 0.306 e. The molecular formula is C52H87NO43. The number of aliphatic hydroxyl groups excluding tert-OH is 23. The smallest absolute Gasteiger partial charge is 0.306 e. The minimum absolute atomic E-state index is 0. The van der Waals surface area contributed by atoms with Gasteiger partial charge in [-0.05, 0) is 6.42 Å². The van der Waals surface area contributed by atoms with Gasteiger partial charge in [-0.25, -0.2) is 0 Å². The van der Waals surface area contributed by atoms with Gasteiger partial charge in [0, 0.05) is 5.97 Å². The highest BCUT2D eigenvalue weighted by Gasteiger charge is 2.60. The molecule has 0 aromatic carbocycles. The molecule has 30 heterocycles. The van der Waals surface area contributed by atoms with E-state index >= 15 is 0 Å². The van der Waals surface area contributed by atoms with E-state index in [0.717, 1.165) is 0 Å². The molecule has 0 spiro atoms. The van der Waals surface area contributed by atoms with Crippen LogP contribution < -0.4 is 11.3 Å². The molecule has 30 aliphatic heterocycles. The van der Waals surface area contributed by atoms with Crippen LogP contribution >= 0.6 is 0 Å². The molecule has 0 aromatic rings. The Labute approximate surface area is 541 Å². The molecule has 30 rings (SSSR count). The van der Waals surface area contributed by atoms with Gasteiger partial charge in [0.2, 0.25) is 0 Å². The Balaban J connectivity index is 0.0000118. The highest BCUT2D eigenvalue weighted by molar-refractivity contribution is 5.75. The summed E-state index contributed by atoms with van der Waals surface area (Å²) in [5.41, 5.74) is 0. The predicted molar refractivity (Wildman–Crippen MR) is 285 cm³/mol. The van der Waals surface area contributed by atoms with Crippen LogP contribution in [-0.4, -0.2) is 428 Å². The van der Waals surface area contributed by atoms with Crippen molar-refractivity contribution in [3.05, 3.63) is 0 Å². The van der Waals surface area contributed by atoms with Crippen molar-refractivity contribution in [3.8, 4) is 0 Å². The van der Waals surface area contributed by atoms with Gasteiger partial charge in [0.15, 0.2) is 50.3 Å². The van der Waals surface area contributed by atoms with E-state index in [1.54, 1.807) is 0 Å². The first-order chi connectivity index (χ1) is 45.1. The number of carboxylic acid groups (broad SMARTS) is 1. The fourth-order valence-electron chi connectivity index (χ4n) is 12.3. The average molecular weight is 1410 g/mol. The van der Waals surface area contributed by atoms with Crippen molar-refractivity contribution in [2.24, 2.45) is 0 Å². The molecule has 40 atom stereocenters. The molecule has 0 radical (unpaired) electrons. The van der Waals surface area contributed by atoms with Gasteiger partial charge in [0.05, 0.1) is 52.7 Å². The number of quaternary nitrogens is 1. The van der Waals surface area contributed by atoms with Crippen LogP contribution in [0.5, 0.6) is 0 Å². The van der Waals surface area contributed by atoms with Gasteiger partial charge >= 0.3 is 5.97 Å². The number of carboxylic acids is 1. The zero-order valence-electron chi connectivity index (χ0n) is 50.6. The number of carbonyl (C=O) groups excluding carboxylic acids is 2. The van der Waals surface area contributed by atoms with Gasteiger partial charge in [0.25, 0.3) is 0 Å². The molecule has 96 heavy (non-hydrogen) atoms. The maximum absolute atomic E-state index is 12.7. The van der Waals surface area contributed by atoms with E-state index in [0.29, 0.717) is 0 Å². The summed E-state index contributed by atoms with van der Waals surface area (Å²) in [6, 6.07) is 0. The summed E-state index contributed by atoms with van der Waals surface area (Å²) >= 11 is 0. The summed E-state index contributed by atoms with van der Waals surface area (Å²) in [6.07, 6.45) is -86.2. The third-order valence-corrected chi connectivity index (χ3v) is 17.7. The lowest BCUT2D eigenvalue weighted by atomic mass is 9.94. The first kappa shape index (κ1) is 79.0. The van der Waals surface area contributed by atoms with E-state index in [2.05, 4.69) is 0 Å². The minimum Gasteiger partial charge on any atom is -0.550 e. The summed E-state index contributed by atoms with van der Waals surface area (Å²) < 4.78 is 96.7. The predicted octanol–water partition coefficient (Wildman–Crippen LogP) is -17.9. The summed E-state index contributed by atoms with van der Waals surface area (Å²) in [7, 11) is 0. The number of hydrogen-bond acceptors (Lipinski definition) is 43. The lowest BCUT2D eigenvalue weighted by Gasteiger charge is -2.50. The second kappa shape index (κ2) is 34.1. The Morgan fingerprint density at radius 2 is 0.406 bits per heavy atom. The van der Waals surface area contributed by atoms with Crippen LogP contribution in [0.1, 0.15) is 12.8 Å². The van der Waals surface area contributed by atoms with Gasteiger partial charge in [-0.15, -0.1) is 0 Å². The van der Waals surface area contributed by atoms with Crippen molar-refractivity contribution in [1.29, 1.82) is 0 Å². The molecular weight excluding hydrogens is 1330 g/mol. The molecule has 44 heteroatoms. The quantitative estimate of drug-likeness (QED) is 0.0807. The van der Waals surface area contributed by atoms with Gasteiger partial charge in [-0.3, -0.25) is 4.79 Å². The number of ether oxygens (including phenoxy) is 17. The monoisotopic (exact) mass is 1410 g/mol. The Morgan fingerprint density at radius 3 is 0.562 bits per heavy atom. The number of carbonyl (C=O) groups is 2. The van der Waals surface area contributed by atoms with E-state index in [1.807, 2.05) is 0 Å². The second-order valence-electron chi connectivity index (χ2n) is 23.8. The van der Waals surface area contributed by atoms with Crippen LogP contribution in [0.15, 0.2) is 0 Å². The van der Waals surface area contributed by atoms with E-state index < -0.39 is 323 Å². The fourth-order valence-corrected chi connectivity index (χ4v) is 12.3. The first-order valence-corrected chi connectivity index (χ1v) is 30.1. The van der Waals surface area contributed by atoms with E-state index in [1.165, 1.54) is 0 Å². The molecule has 0 aromatic heterocycles. The molecule has 27 N–H and O–H groups in total. The summed E-state index contributed by atoms with van der Waals surface area (Å²) in [6.45, 7) is -8.90. The van der Waals surface area contributed by atoms with Crippen molar-refractivity contribution in [2.75, 3.05) is 52.9 Å². The van der Waals surface area contributed by atoms with Crippen LogP contribution in [-0.2, 0) is 90.1 Å². The molecule has 16 bridgehead atoms. The van der Waals surface area contributed by atoms with Crippen LogP contribution in [0.2, 0.25) is 0 Å². The van der Waals surface area contributed by atoms with Gasteiger partial charge in [-0.2, -0.15) is 0 Å². The van der Waals surface area contributed by atoms with Crippen LogP contribution in [0.3, 0.4) is 0 Å². The number of hydrogen-bond donors (Lipinski definition) is 24. The van der Waals surface area contributed by atoms with Crippen LogP contribution in [0, 0.1) is 0 Å². The fraction of sp³-hybridized carbons (Fsp3) is 0.962. The number of esters is 1. The molecule has 30 fully saturated rings. The Morgan fingerprint density at radius 1 is 0.250 bits per heavy atom. The number of aliphatic carboxylic acids is 1. The largest absolute Gasteiger partial charge is 0.550 e. The van der Waals surface area contributed by atoms with E-state index in [9.17, 15) is 132 Å². The van der Waals surface area contributed by atoms with Crippen LogP contribution in [0.25, 0.3) is 0 Å². The van der Waals surface area contributed by atoms with Gasteiger partial charge in [-0.1, -0.05) is 0 Å². The summed E-state index contributed by atoms with van der Waals surface area (Å²) in [4.78, 5) is 23.8. The van der Waals surface area contributed by atoms with Crippen molar-refractivity contribution in [2.45, 2.75) is 258 Å². The number of aliphatic hydroxyl groups is 23. The number of rotatable bonds is 12. The maximum atomic E-state index is 12.7. The van der Waals surface area contributed by atoms with Crippen LogP contribution in [0.4, 0.5) is 0 Å². The van der Waals surface area contributed by atoms with Crippen molar-refractivity contribution < 1.29 is 213 Å². The standard InChI is InChI=1S/C52H84O43.H3N/c53-3-11-37-21(63)29(71)45(80-11)89-38-12(4-54)82-47(31(73)23(38)65)91-40-14(6-56)84-49(33(75)25(40)67)93-42-16(8-58)86-51(35(77)27(42)69)95-44-18(10-79-20(62)2-1-19(60)61)87-52(36(78)28(44)70)94-43-17(9-59)85-50(34(76)26(43)68)92-41-15(7-57)83-48(32(74)24(41)66)90-39-13(5-55)81-46(88-37)30(72)22(39)64;/h11-18,21-59,63-78H,1-10H2,(H,60,61);1H3/t11-,12-,13-,14-,15-,16-,17-,18-,21-,22-,23-,24-,25-,26-,27-,28-,29-,30-,31-,32-,33-,34-,35-,36-,37-,38-,39-,40-,41-,42-,43-,44-,45-,46-,47-,48-,49-,50-,51-,52-;/m1./s1. The summed E-state index contributed by atoms with van der Waals surface area (Å²) in [5, 5.41) is 268. The topological polar surface area (TPSA) is 716 Å². The Bertz CT molecular complexity index is 2400. The second-order valence-corrected chi connectivity index (χ2v) is 23.8. The van der Waals surface area contributed by atoms with Crippen molar-refractivity contribution in [3.63, 3.8) is 0 Å². The van der Waals surface area contributed by atoms with Crippen molar-refractivity contribution >= 4 is 11.9 Å². The highest BCUT2D eigenvalue weighted by atomic mass is 16.8. The molecule has 44 nitrogen and oxygen atoms in total. The average Bonchev–Trinajstić information content (AvgIpc) is 0.780. The van der Waals surface area contributed by atoms with E-state index in [-0.39, 0.29) is 6.15 Å². The third-order valence-electron chi connectivity index (χ3n) is 17.7. The molecule has 0 amide bonds. The molecule has 0 unspecified atom stereocenters. The Kier molecular flexibility index (Phi) is 28.1. The van der Waals surface area contributed by atoms with E-state index in [4.69, 9.17) is 80.5 Å². The molecule has 0 saturated carbocycles. The lowest BCUT2D eigenvalue weighted by molar-refractivity contribution is -0.404. The zero-order chi connectivity index (χ0) is 69.3. The molecule has 30 saturated heterocycles. The lowest BCUT2D eigenvalue weighted by Crippen LogP contribution is -2.69. The van der Waals surface area contributed by atoms with Crippen molar-refractivity contribution in [1.82, 2.24) is 6.15 Å². The first-order valence-electron chi connectivity index (χ1n) is 30.1. The minimum atomic E-state index is -2.38. The van der Waals surface area contributed by atoms with Gasteiger partial charge in [0.1, 0.15) is 202 Å². The summed E-state index contributed by atoms with van der Waals surface area (Å²) in [5.74, 6) is -2.90. The van der Waals surface area contributed by atoms with Gasteiger partial charge < -0.3 is 214 Å². The molecule has 0 aliphatic carbocycles. The SMILES string of the molecule is O=C([O-])CCC(=O)OC[C@H]1O[C@@H]2O[C@H]3[C@H](O)[C@@H](O)[C@@H](O[C@H]4[C@H](O)[C@@H](O)[C@@H](O[C@H]5[C@H](O)[C@@H](O)[C@@H](O[C@H]6[C@H](O)[C@@H](O)[C@@H](O[C@H]7[C@H](O)[C@@H](O)[C@@H](O[C@H]8[C@H](O)[C@@H](O)[C@@H](O[C@H]9[C@H](O)[C@@H](O)[C@@H](O[C@H]1[C@H](O)[C@H]2O)O[C@@H]9CO)O[C@@H]8CO)O[C@@H]7CO)O[C@@H]6CO)O[C@@H]5CO)O[C@@H]4CO)O[C@@H]3CO.[NH4+].